The summed E-state index contributed by atoms with van der Waals surface area (Å²) in [6.45, 7) is 1.25. The Morgan fingerprint density at radius 2 is 1.73 bits per heavy atom. The summed E-state index contributed by atoms with van der Waals surface area (Å²) in [6.07, 6.45) is -1.17. The van der Waals surface area contributed by atoms with Crippen molar-refractivity contribution >= 4 is 39.9 Å². The fraction of sp³-hybridized carbons (Fsp3) is 0.190. The number of aryl methyl sites for hydroxylation is 1. The van der Waals surface area contributed by atoms with E-state index in [1.807, 2.05) is 0 Å². The largest absolute Gasteiger partial charge is 0.448 e. The van der Waals surface area contributed by atoms with Gasteiger partial charge in [0, 0.05) is 12.4 Å². The van der Waals surface area contributed by atoms with Gasteiger partial charge in [-0.1, -0.05) is 30.3 Å². The molecule has 0 aliphatic carbocycles. The third-order valence-corrected chi connectivity index (χ3v) is 4.82. The van der Waals surface area contributed by atoms with Crippen LogP contribution in [0.3, 0.4) is 0 Å². The fourth-order valence-electron chi connectivity index (χ4n) is 3.37. The Hall–Kier alpha value is -4.01. The lowest BCUT2D eigenvalue weighted by molar-refractivity contribution is -0.128. The zero-order valence-electron chi connectivity index (χ0n) is 16.3. The number of aromatic nitrogens is 2. The van der Waals surface area contributed by atoms with E-state index in [-0.39, 0.29) is 23.7 Å². The monoisotopic (exact) mass is 406 g/mol. The molecule has 3 aromatic rings. The molecule has 0 radical (unpaired) electrons. The molecule has 30 heavy (non-hydrogen) atoms. The number of carbonyl (C=O) groups is 3. The van der Waals surface area contributed by atoms with E-state index in [0.29, 0.717) is 22.1 Å². The number of para-hydroxylation sites is 2. The maximum atomic E-state index is 13.0. The second-order valence-electron chi connectivity index (χ2n) is 6.86. The average molecular weight is 406 g/mol. The Balaban J connectivity index is 1.62. The van der Waals surface area contributed by atoms with Gasteiger partial charge in [0.1, 0.15) is 6.54 Å². The van der Waals surface area contributed by atoms with Gasteiger partial charge in [-0.2, -0.15) is 5.10 Å². The number of rotatable bonds is 3. The summed E-state index contributed by atoms with van der Waals surface area (Å²) < 4.78 is 6.42. The molecule has 1 N–H and O–H groups in total. The zero-order chi connectivity index (χ0) is 21.4. The lowest BCUT2D eigenvalue weighted by atomic mass is 10.1. The maximum Gasteiger partial charge on any atom is 0.360 e. The van der Waals surface area contributed by atoms with Crippen LogP contribution in [0.15, 0.2) is 53.3 Å². The predicted molar refractivity (Wildman–Crippen MR) is 109 cm³/mol. The molecule has 0 spiro atoms. The number of nitrogens with zero attached hydrogens (tertiary/aromatic N) is 3. The molecule has 9 nitrogen and oxygen atoms in total. The standard InChI is InChI=1S/C21H18N4O5/c1-12(19(27)25-11-17(26)22-15-9-5-6-10-16(15)25)30-21(29)18-13-7-3-4-8-14(13)20(28)24(2)23-18/h3-10,12H,11H2,1-2H3,(H,22,26)/t12-/m1/s1. The van der Waals surface area contributed by atoms with E-state index in [9.17, 15) is 19.2 Å². The van der Waals surface area contributed by atoms with Crippen LogP contribution in [0.2, 0.25) is 0 Å². The summed E-state index contributed by atoms with van der Waals surface area (Å²) in [7, 11) is 1.43. The lowest BCUT2D eigenvalue weighted by Gasteiger charge is -2.30. The maximum absolute atomic E-state index is 13.0. The van der Waals surface area contributed by atoms with Gasteiger partial charge in [-0.3, -0.25) is 19.3 Å². The van der Waals surface area contributed by atoms with Crippen molar-refractivity contribution in [1.29, 1.82) is 0 Å². The van der Waals surface area contributed by atoms with E-state index in [1.165, 1.54) is 18.9 Å². The molecule has 2 aromatic carbocycles. The zero-order valence-corrected chi connectivity index (χ0v) is 16.3. The van der Waals surface area contributed by atoms with Crippen LogP contribution in [0.1, 0.15) is 17.4 Å². The van der Waals surface area contributed by atoms with Crippen LogP contribution in [0.5, 0.6) is 0 Å². The summed E-state index contributed by atoms with van der Waals surface area (Å²) >= 11 is 0. The van der Waals surface area contributed by atoms with Crippen molar-refractivity contribution < 1.29 is 19.1 Å². The van der Waals surface area contributed by atoms with Crippen LogP contribution in [0.4, 0.5) is 11.4 Å². The van der Waals surface area contributed by atoms with Gasteiger partial charge in [-0.25, -0.2) is 9.48 Å². The van der Waals surface area contributed by atoms with Gasteiger partial charge < -0.3 is 10.1 Å². The second kappa shape index (κ2) is 7.43. The van der Waals surface area contributed by atoms with Crippen molar-refractivity contribution in [3.63, 3.8) is 0 Å². The summed E-state index contributed by atoms with van der Waals surface area (Å²) in [5.74, 6) is -1.72. The predicted octanol–water partition coefficient (Wildman–Crippen LogP) is 1.46. The molecular weight excluding hydrogens is 388 g/mol. The highest BCUT2D eigenvalue weighted by Gasteiger charge is 2.32. The van der Waals surface area contributed by atoms with Gasteiger partial charge in [0.15, 0.2) is 11.8 Å². The Bertz CT molecular complexity index is 1250. The second-order valence-corrected chi connectivity index (χ2v) is 6.86. The summed E-state index contributed by atoms with van der Waals surface area (Å²) in [5.41, 5.74) is 0.619. The van der Waals surface area contributed by atoms with E-state index < -0.39 is 18.0 Å². The normalized spacial score (nSPS) is 14.1. The number of hydrogen-bond donors (Lipinski definition) is 1. The molecule has 2 amide bonds. The van der Waals surface area contributed by atoms with Gasteiger partial charge in [0.25, 0.3) is 11.5 Å². The smallest absolute Gasteiger partial charge is 0.360 e. The Kier molecular flexibility index (Phi) is 4.78. The van der Waals surface area contributed by atoms with Crippen molar-refractivity contribution in [2.24, 2.45) is 7.05 Å². The van der Waals surface area contributed by atoms with E-state index in [1.54, 1.807) is 48.5 Å². The van der Waals surface area contributed by atoms with Gasteiger partial charge in [0.2, 0.25) is 5.91 Å². The molecular formula is C21H18N4O5. The van der Waals surface area contributed by atoms with Gasteiger partial charge in [-0.05, 0) is 25.1 Å². The lowest BCUT2D eigenvalue weighted by Crippen LogP contribution is -2.47. The van der Waals surface area contributed by atoms with Gasteiger partial charge >= 0.3 is 5.97 Å². The van der Waals surface area contributed by atoms with Crippen LogP contribution in [0, 0.1) is 0 Å². The van der Waals surface area contributed by atoms with Crippen LogP contribution in [-0.4, -0.2) is 40.2 Å². The Labute approximate surface area is 170 Å². The summed E-state index contributed by atoms with van der Waals surface area (Å²) in [4.78, 5) is 51.2. The Morgan fingerprint density at radius 3 is 2.50 bits per heavy atom. The van der Waals surface area contributed by atoms with Crippen molar-refractivity contribution in [1.82, 2.24) is 9.78 Å². The quantitative estimate of drug-likeness (QED) is 0.660. The number of anilines is 2. The number of fused-ring (bicyclic) bond motifs is 2. The first-order valence-electron chi connectivity index (χ1n) is 9.24. The highest BCUT2D eigenvalue weighted by Crippen LogP contribution is 2.29. The van der Waals surface area contributed by atoms with Crippen LogP contribution in [0.25, 0.3) is 10.8 Å². The molecule has 0 bridgehead atoms. The minimum absolute atomic E-state index is 0.0656. The minimum Gasteiger partial charge on any atom is -0.448 e. The van der Waals surface area contributed by atoms with Crippen molar-refractivity contribution in [2.75, 3.05) is 16.8 Å². The molecule has 152 valence electrons. The third kappa shape index (κ3) is 3.30. The average Bonchev–Trinajstić information content (AvgIpc) is 2.75. The van der Waals surface area contributed by atoms with Gasteiger partial charge in [-0.15, -0.1) is 0 Å². The topological polar surface area (TPSA) is 111 Å². The number of benzene rings is 2. The van der Waals surface area contributed by atoms with Crippen molar-refractivity contribution in [3.8, 4) is 0 Å². The molecule has 4 rings (SSSR count). The van der Waals surface area contributed by atoms with E-state index >= 15 is 0 Å². The SMILES string of the molecule is C[C@@H](OC(=O)c1nn(C)c(=O)c2ccccc12)C(=O)N1CC(=O)Nc2ccccc21. The molecule has 1 aromatic heterocycles. The van der Waals surface area contributed by atoms with E-state index in [2.05, 4.69) is 10.4 Å². The first-order chi connectivity index (χ1) is 14.4. The highest BCUT2D eigenvalue weighted by molar-refractivity contribution is 6.11. The number of nitrogens with one attached hydrogen (secondary N) is 1. The first-order valence-corrected chi connectivity index (χ1v) is 9.24. The molecule has 0 saturated carbocycles. The molecule has 1 aliphatic heterocycles. The van der Waals surface area contributed by atoms with Crippen LogP contribution >= 0.6 is 0 Å². The van der Waals surface area contributed by atoms with Crippen molar-refractivity contribution in [2.45, 2.75) is 13.0 Å². The molecule has 0 unspecified atom stereocenters. The third-order valence-electron chi connectivity index (χ3n) is 4.82. The number of hydrogen-bond acceptors (Lipinski definition) is 6. The van der Waals surface area contributed by atoms with Gasteiger partial charge in [0.05, 0.1) is 16.8 Å². The van der Waals surface area contributed by atoms with Crippen molar-refractivity contribution in [3.05, 3.63) is 64.6 Å². The molecule has 9 heteroatoms. The summed E-state index contributed by atoms with van der Waals surface area (Å²) in [5, 5.41) is 7.38. The molecule has 1 aliphatic rings. The molecule has 1 atom stereocenters. The molecule has 2 heterocycles. The number of ether oxygens (including phenoxy) is 1. The summed E-state index contributed by atoms with van der Waals surface area (Å²) in [6, 6.07) is 13.4. The number of esters is 1. The molecule has 0 fully saturated rings. The van der Waals surface area contributed by atoms with Crippen LogP contribution < -0.4 is 15.8 Å². The first kappa shape index (κ1) is 19.3. The van der Waals surface area contributed by atoms with Crippen LogP contribution in [-0.2, 0) is 21.4 Å². The fourth-order valence-corrected chi connectivity index (χ4v) is 3.37. The van der Waals surface area contributed by atoms with E-state index in [4.69, 9.17) is 4.74 Å². The minimum atomic E-state index is -1.17. The number of carbonyl (C=O) groups excluding carboxylic acids is 3. The number of amides is 2. The van der Waals surface area contributed by atoms with E-state index in [0.717, 1.165) is 4.68 Å². The molecule has 0 saturated heterocycles. The highest BCUT2D eigenvalue weighted by atomic mass is 16.5. The Morgan fingerprint density at radius 1 is 1.07 bits per heavy atom.